The third-order valence-corrected chi connectivity index (χ3v) is 4.14. The van der Waals surface area contributed by atoms with Crippen LogP contribution in [0.4, 0.5) is 4.79 Å². The van der Waals surface area contributed by atoms with E-state index < -0.39 is 12.0 Å². The van der Waals surface area contributed by atoms with Gasteiger partial charge in [0.05, 0.1) is 6.54 Å². The third-order valence-electron chi connectivity index (χ3n) is 4.14. The van der Waals surface area contributed by atoms with Crippen molar-refractivity contribution in [3.8, 4) is 11.4 Å². The number of aryl methyl sites for hydroxylation is 1. The topological polar surface area (TPSA) is 115 Å². The molecular formula is C18H20N4O5. The highest BCUT2D eigenvalue weighted by Gasteiger charge is 2.27. The zero-order valence-corrected chi connectivity index (χ0v) is 14.9. The number of carbonyl (C=O) groups is 3. The summed E-state index contributed by atoms with van der Waals surface area (Å²) in [4.78, 5) is 39.9. The van der Waals surface area contributed by atoms with Crippen LogP contribution in [0.2, 0.25) is 0 Å². The summed E-state index contributed by atoms with van der Waals surface area (Å²) in [6.45, 7) is 2.14. The van der Waals surface area contributed by atoms with Crippen LogP contribution in [0.5, 0.6) is 0 Å². The first kappa shape index (κ1) is 18.6. The van der Waals surface area contributed by atoms with Crippen molar-refractivity contribution in [2.45, 2.75) is 32.8 Å². The first-order valence-electron chi connectivity index (χ1n) is 8.72. The molecule has 0 unspecified atom stereocenters. The van der Waals surface area contributed by atoms with Crippen molar-refractivity contribution >= 4 is 17.9 Å². The second kappa shape index (κ2) is 8.43. The van der Waals surface area contributed by atoms with Gasteiger partial charge in [0.25, 0.3) is 5.89 Å². The van der Waals surface area contributed by atoms with E-state index in [2.05, 4.69) is 22.4 Å². The molecule has 3 rings (SSSR count). The molecule has 9 nitrogen and oxygen atoms in total. The molecular weight excluding hydrogens is 352 g/mol. The highest BCUT2D eigenvalue weighted by Crippen LogP contribution is 2.17. The van der Waals surface area contributed by atoms with Gasteiger partial charge in [-0.15, -0.1) is 0 Å². The predicted octanol–water partition coefficient (Wildman–Crippen LogP) is 1.67. The number of rotatable bonds is 8. The lowest BCUT2D eigenvalue weighted by molar-refractivity contribution is -0.146. The fraction of sp³-hybridized carbons (Fsp3) is 0.389. The van der Waals surface area contributed by atoms with Crippen LogP contribution in [0.1, 0.15) is 31.2 Å². The summed E-state index contributed by atoms with van der Waals surface area (Å²) in [6, 6.07) is 7.39. The minimum atomic E-state index is -0.464. The quantitative estimate of drug-likeness (QED) is 0.554. The summed E-state index contributed by atoms with van der Waals surface area (Å²) in [7, 11) is 0. The molecule has 1 saturated heterocycles. The zero-order chi connectivity index (χ0) is 19.2. The number of urea groups is 1. The Morgan fingerprint density at radius 1 is 1.30 bits per heavy atom. The Bertz CT molecular complexity index is 815. The van der Waals surface area contributed by atoms with E-state index in [1.54, 1.807) is 0 Å². The predicted molar refractivity (Wildman–Crippen MR) is 93.3 cm³/mol. The van der Waals surface area contributed by atoms with Gasteiger partial charge in [0.1, 0.15) is 0 Å². The fourth-order valence-electron chi connectivity index (χ4n) is 2.60. The smallest absolute Gasteiger partial charge is 0.324 e. The summed E-state index contributed by atoms with van der Waals surface area (Å²) < 4.78 is 10.2. The highest BCUT2D eigenvalue weighted by molar-refractivity contribution is 6.01. The molecule has 0 atom stereocenters. The number of aromatic nitrogens is 2. The first-order valence-corrected chi connectivity index (χ1v) is 8.72. The molecule has 0 bridgehead atoms. The van der Waals surface area contributed by atoms with Gasteiger partial charge in [-0.1, -0.05) is 36.3 Å². The number of carbonyl (C=O) groups excluding carboxylic acids is 3. The van der Waals surface area contributed by atoms with Gasteiger partial charge in [-0.05, 0) is 18.4 Å². The average Bonchev–Trinajstić information content (AvgIpc) is 3.28. The minimum absolute atomic E-state index is 0.00392. The van der Waals surface area contributed by atoms with E-state index >= 15 is 0 Å². The van der Waals surface area contributed by atoms with Crippen molar-refractivity contribution in [1.29, 1.82) is 0 Å². The Kier molecular flexibility index (Phi) is 5.80. The van der Waals surface area contributed by atoms with Gasteiger partial charge in [0.2, 0.25) is 11.7 Å². The number of amides is 3. The van der Waals surface area contributed by atoms with Gasteiger partial charge in [-0.25, -0.2) is 4.79 Å². The van der Waals surface area contributed by atoms with Crippen molar-refractivity contribution in [3.05, 3.63) is 35.7 Å². The average molecular weight is 372 g/mol. The second-order valence-corrected chi connectivity index (χ2v) is 6.03. The monoisotopic (exact) mass is 372 g/mol. The number of hydrogen-bond donors (Lipinski definition) is 1. The molecule has 1 aromatic carbocycles. The van der Waals surface area contributed by atoms with Crippen molar-refractivity contribution in [2.24, 2.45) is 0 Å². The zero-order valence-electron chi connectivity index (χ0n) is 14.9. The van der Waals surface area contributed by atoms with Crippen molar-refractivity contribution in [1.82, 2.24) is 20.4 Å². The molecule has 0 saturated carbocycles. The van der Waals surface area contributed by atoms with E-state index in [1.165, 1.54) is 5.56 Å². The van der Waals surface area contributed by atoms with Crippen LogP contribution in [-0.2, 0) is 27.4 Å². The SMILES string of the molecule is CCc1ccc(-c2noc(COC(=O)CCCN3C(=O)CNC3=O)n2)cc1. The summed E-state index contributed by atoms with van der Waals surface area (Å²) in [5, 5.41) is 6.30. The normalized spacial score (nSPS) is 13.7. The molecule has 0 radical (unpaired) electrons. The number of nitrogens with zero attached hydrogens (tertiary/aromatic N) is 3. The molecule has 0 spiro atoms. The number of benzene rings is 1. The van der Waals surface area contributed by atoms with Gasteiger partial charge < -0.3 is 14.6 Å². The molecule has 1 N–H and O–H groups in total. The number of esters is 1. The maximum Gasteiger partial charge on any atom is 0.324 e. The van der Waals surface area contributed by atoms with Crippen molar-refractivity contribution in [2.75, 3.05) is 13.1 Å². The van der Waals surface area contributed by atoms with Crippen LogP contribution >= 0.6 is 0 Å². The fourth-order valence-corrected chi connectivity index (χ4v) is 2.60. The number of nitrogens with one attached hydrogen (secondary N) is 1. The second-order valence-electron chi connectivity index (χ2n) is 6.03. The molecule has 142 valence electrons. The molecule has 1 aliphatic rings. The molecule has 2 heterocycles. The van der Waals surface area contributed by atoms with Crippen molar-refractivity contribution < 1.29 is 23.6 Å². The Morgan fingerprint density at radius 3 is 2.74 bits per heavy atom. The van der Waals surface area contributed by atoms with Crippen molar-refractivity contribution in [3.63, 3.8) is 0 Å². The van der Waals surface area contributed by atoms with Gasteiger partial charge in [0, 0.05) is 18.5 Å². The summed E-state index contributed by atoms with van der Waals surface area (Å²) >= 11 is 0. The summed E-state index contributed by atoms with van der Waals surface area (Å²) in [5.41, 5.74) is 2.03. The lowest BCUT2D eigenvalue weighted by Gasteiger charge is -2.11. The van der Waals surface area contributed by atoms with E-state index in [0.717, 1.165) is 16.9 Å². The molecule has 9 heteroatoms. The first-order chi connectivity index (χ1) is 13.1. The Hall–Kier alpha value is -3.23. The van der Waals surface area contributed by atoms with Crippen LogP contribution in [0.25, 0.3) is 11.4 Å². The molecule has 1 aromatic heterocycles. The number of ether oxygens (including phenoxy) is 1. The maximum atomic E-state index is 11.8. The van der Waals surface area contributed by atoms with E-state index in [4.69, 9.17) is 9.26 Å². The van der Waals surface area contributed by atoms with Crippen LogP contribution < -0.4 is 5.32 Å². The van der Waals surface area contributed by atoms with Crippen LogP contribution in [0.3, 0.4) is 0 Å². The summed E-state index contributed by atoms with van der Waals surface area (Å²) in [6.07, 6.45) is 1.36. The Balaban J connectivity index is 1.43. The van der Waals surface area contributed by atoms with Gasteiger partial charge >= 0.3 is 12.0 Å². The van der Waals surface area contributed by atoms with E-state index in [9.17, 15) is 14.4 Å². The van der Waals surface area contributed by atoms with Crippen LogP contribution in [0, 0.1) is 0 Å². The molecule has 2 aromatic rings. The molecule has 3 amide bonds. The Labute approximate surface area is 155 Å². The lowest BCUT2D eigenvalue weighted by atomic mass is 10.1. The van der Waals surface area contributed by atoms with Gasteiger partial charge in [-0.3, -0.25) is 14.5 Å². The maximum absolute atomic E-state index is 11.8. The number of hydrogen-bond acceptors (Lipinski definition) is 7. The highest BCUT2D eigenvalue weighted by atomic mass is 16.6. The largest absolute Gasteiger partial charge is 0.456 e. The van der Waals surface area contributed by atoms with E-state index in [0.29, 0.717) is 12.2 Å². The molecule has 1 aliphatic heterocycles. The van der Waals surface area contributed by atoms with Gasteiger partial charge in [0.15, 0.2) is 6.61 Å². The molecule has 27 heavy (non-hydrogen) atoms. The van der Waals surface area contributed by atoms with Crippen LogP contribution in [-0.4, -0.2) is 46.0 Å². The molecule has 0 aliphatic carbocycles. The van der Waals surface area contributed by atoms with Crippen LogP contribution in [0.15, 0.2) is 28.8 Å². The standard InChI is InChI=1S/C18H20N4O5/c1-2-12-5-7-13(8-6-12)17-20-14(27-21-17)11-26-16(24)4-3-9-22-15(23)10-19-18(22)25/h5-8H,2-4,9-11H2,1H3,(H,19,25). The van der Waals surface area contributed by atoms with E-state index in [-0.39, 0.29) is 37.9 Å². The number of imide groups is 1. The lowest BCUT2D eigenvalue weighted by Crippen LogP contribution is -2.32. The third kappa shape index (κ3) is 4.69. The summed E-state index contributed by atoms with van der Waals surface area (Å²) in [5.74, 6) is -0.123. The van der Waals surface area contributed by atoms with E-state index in [1.807, 2.05) is 24.3 Å². The molecule has 1 fully saturated rings. The Morgan fingerprint density at radius 2 is 2.07 bits per heavy atom. The minimum Gasteiger partial charge on any atom is -0.456 e. The van der Waals surface area contributed by atoms with Gasteiger partial charge in [-0.2, -0.15) is 4.98 Å².